The summed E-state index contributed by atoms with van der Waals surface area (Å²) in [5.74, 6) is 1.14. The van der Waals surface area contributed by atoms with Gasteiger partial charge in [0.15, 0.2) is 5.16 Å². The van der Waals surface area contributed by atoms with Crippen molar-refractivity contribution < 1.29 is 0 Å². The van der Waals surface area contributed by atoms with E-state index in [0.717, 1.165) is 0 Å². The summed E-state index contributed by atoms with van der Waals surface area (Å²) in [6, 6.07) is 0. The lowest BCUT2D eigenvalue weighted by Crippen LogP contribution is -2.28. The van der Waals surface area contributed by atoms with Gasteiger partial charge < -0.3 is 5.32 Å². The molecule has 6 nitrogen and oxygen atoms in total. The number of aromatic nitrogens is 5. The van der Waals surface area contributed by atoms with Gasteiger partial charge in [0.25, 0.3) is 0 Å². The normalized spacial score (nSPS) is 11.6. The summed E-state index contributed by atoms with van der Waals surface area (Å²) in [5, 5.41) is 3.93. The Balaban J connectivity index is 2.39. The summed E-state index contributed by atoms with van der Waals surface area (Å²) in [5.41, 5.74) is -0.0940. The Morgan fingerprint density at radius 3 is 2.56 bits per heavy atom. The zero-order chi connectivity index (χ0) is 13.2. The maximum atomic E-state index is 4.39. The molecule has 0 spiro atoms. The van der Waals surface area contributed by atoms with Gasteiger partial charge in [-0.2, -0.15) is 15.0 Å². The summed E-state index contributed by atoms with van der Waals surface area (Å²) in [6.07, 6.45) is 7.11. The SMILES string of the molecule is CSc1nc(NC(C)(C)C)nc(-n2ccnc2)n1. The van der Waals surface area contributed by atoms with Crippen LogP contribution in [0.4, 0.5) is 5.95 Å². The molecule has 0 amide bonds. The average molecular weight is 264 g/mol. The molecule has 2 heterocycles. The van der Waals surface area contributed by atoms with E-state index in [1.807, 2.05) is 6.26 Å². The topological polar surface area (TPSA) is 68.5 Å². The van der Waals surface area contributed by atoms with Gasteiger partial charge in [0, 0.05) is 17.9 Å². The molecule has 0 saturated heterocycles. The summed E-state index contributed by atoms with van der Waals surface area (Å²) >= 11 is 1.48. The first-order chi connectivity index (χ1) is 8.48. The van der Waals surface area contributed by atoms with Crippen LogP contribution in [0.3, 0.4) is 0 Å². The van der Waals surface area contributed by atoms with Crippen LogP contribution >= 0.6 is 11.8 Å². The van der Waals surface area contributed by atoms with Crippen molar-refractivity contribution in [3.8, 4) is 5.95 Å². The second kappa shape index (κ2) is 4.93. The molecule has 2 rings (SSSR count). The van der Waals surface area contributed by atoms with Crippen LogP contribution in [0.2, 0.25) is 0 Å². The van der Waals surface area contributed by atoms with E-state index in [4.69, 9.17) is 0 Å². The van der Waals surface area contributed by atoms with Crippen LogP contribution < -0.4 is 5.32 Å². The Morgan fingerprint density at radius 1 is 1.22 bits per heavy atom. The first-order valence-electron chi connectivity index (χ1n) is 5.54. The number of anilines is 1. The van der Waals surface area contributed by atoms with Gasteiger partial charge in [-0.15, -0.1) is 0 Å². The first kappa shape index (κ1) is 12.8. The van der Waals surface area contributed by atoms with Crippen molar-refractivity contribution in [1.82, 2.24) is 24.5 Å². The lowest BCUT2D eigenvalue weighted by Gasteiger charge is -2.20. The number of hydrogen-bond acceptors (Lipinski definition) is 6. The van der Waals surface area contributed by atoms with Gasteiger partial charge in [-0.3, -0.25) is 4.57 Å². The smallest absolute Gasteiger partial charge is 0.240 e. The zero-order valence-electron chi connectivity index (χ0n) is 10.9. The van der Waals surface area contributed by atoms with Crippen molar-refractivity contribution in [3.63, 3.8) is 0 Å². The lowest BCUT2D eigenvalue weighted by molar-refractivity contribution is 0.620. The molecule has 96 valence electrons. The van der Waals surface area contributed by atoms with Crippen molar-refractivity contribution in [1.29, 1.82) is 0 Å². The first-order valence-corrected chi connectivity index (χ1v) is 6.77. The third-order valence-corrected chi connectivity index (χ3v) is 2.56. The molecule has 18 heavy (non-hydrogen) atoms. The molecule has 7 heteroatoms. The zero-order valence-corrected chi connectivity index (χ0v) is 11.7. The fourth-order valence-electron chi connectivity index (χ4n) is 1.32. The Hall–Kier alpha value is -1.63. The predicted octanol–water partition coefficient (Wildman–Crippen LogP) is 1.99. The summed E-state index contributed by atoms with van der Waals surface area (Å²) in [7, 11) is 0. The van der Waals surface area contributed by atoms with Crippen LogP contribution in [-0.2, 0) is 0 Å². The van der Waals surface area contributed by atoms with Crippen molar-refractivity contribution >= 4 is 17.7 Å². The number of imidazole rings is 1. The number of nitrogens with zero attached hydrogens (tertiary/aromatic N) is 5. The van der Waals surface area contributed by atoms with Crippen LogP contribution in [0.15, 0.2) is 23.9 Å². The van der Waals surface area contributed by atoms with Crippen molar-refractivity contribution in [2.24, 2.45) is 0 Å². The van der Waals surface area contributed by atoms with Gasteiger partial charge in [-0.25, -0.2) is 4.98 Å². The fourth-order valence-corrected chi connectivity index (χ4v) is 1.67. The number of rotatable bonds is 3. The van der Waals surface area contributed by atoms with Crippen molar-refractivity contribution in [2.45, 2.75) is 31.5 Å². The van der Waals surface area contributed by atoms with Gasteiger partial charge in [0.1, 0.15) is 6.33 Å². The molecule has 0 unspecified atom stereocenters. The van der Waals surface area contributed by atoms with Gasteiger partial charge >= 0.3 is 0 Å². The van der Waals surface area contributed by atoms with Crippen molar-refractivity contribution in [2.75, 3.05) is 11.6 Å². The van der Waals surface area contributed by atoms with E-state index in [0.29, 0.717) is 17.1 Å². The minimum absolute atomic E-state index is 0.0940. The van der Waals surface area contributed by atoms with E-state index in [1.165, 1.54) is 11.8 Å². The Labute approximate surface area is 110 Å². The third-order valence-electron chi connectivity index (χ3n) is 2.01. The van der Waals surface area contributed by atoms with E-state index in [2.05, 4.69) is 46.0 Å². The van der Waals surface area contributed by atoms with E-state index >= 15 is 0 Å². The summed E-state index contributed by atoms with van der Waals surface area (Å²) in [4.78, 5) is 17.1. The van der Waals surface area contributed by atoms with Gasteiger partial charge in [0.05, 0.1) is 0 Å². The van der Waals surface area contributed by atoms with Crippen LogP contribution in [-0.4, -0.2) is 36.3 Å². The van der Waals surface area contributed by atoms with Crippen LogP contribution in [0.5, 0.6) is 0 Å². The predicted molar refractivity (Wildman–Crippen MR) is 72.1 cm³/mol. The number of hydrogen-bond donors (Lipinski definition) is 1. The molecule has 0 radical (unpaired) electrons. The van der Waals surface area contributed by atoms with Crippen LogP contribution in [0.25, 0.3) is 5.95 Å². The third kappa shape index (κ3) is 3.19. The molecular weight excluding hydrogens is 248 g/mol. The van der Waals surface area contributed by atoms with E-state index in [-0.39, 0.29) is 5.54 Å². The van der Waals surface area contributed by atoms with Gasteiger partial charge in [0.2, 0.25) is 11.9 Å². The second-order valence-corrected chi connectivity index (χ2v) is 5.56. The van der Waals surface area contributed by atoms with E-state index in [1.54, 1.807) is 23.3 Å². The highest BCUT2D eigenvalue weighted by atomic mass is 32.2. The number of thioether (sulfide) groups is 1. The highest BCUT2D eigenvalue weighted by molar-refractivity contribution is 7.98. The Morgan fingerprint density at radius 2 is 2.00 bits per heavy atom. The standard InChI is InChI=1S/C11H16N6S/c1-11(2,3)16-8-13-9(15-10(14-8)18-4)17-6-5-12-7-17/h5-7H,1-4H3,(H,13,14,15,16). The molecule has 0 aliphatic carbocycles. The molecule has 0 aliphatic rings. The Bertz CT molecular complexity index is 517. The molecule has 0 atom stereocenters. The van der Waals surface area contributed by atoms with Gasteiger partial charge in [-0.05, 0) is 27.0 Å². The average Bonchev–Trinajstić information content (AvgIpc) is 2.79. The molecule has 2 aromatic rings. The highest BCUT2D eigenvalue weighted by Gasteiger charge is 2.14. The Kier molecular flexibility index (Phi) is 3.51. The maximum Gasteiger partial charge on any atom is 0.240 e. The van der Waals surface area contributed by atoms with Crippen LogP contribution in [0.1, 0.15) is 20.8 Å². The number of nitrogens with one attached hydrogen (secondary N) is 1. The molecule has 0 fully saturated rings. The summed E-state index contributed by atoms with van der Waals surface area (Å²) in [6.45, 7) is 6.19. The van der Waals surface area contributed by atoms with Crippen molar-refractivity contribution in [3.05, 3.63) is 18.7 Å². The van der Waals surface area contributed by atoms with Crippen LogP contribution in [0, 0.1) is 0 Å². The largest absolute Gasteiger partial charge is 0.349 e. The molecular formula is C11H16N6S. The van der Waals surface area contributed by atoms with Gasteiger partial charge in [-0.1, -0.05) is 11.8 Å². The quantitative estimate of drug-likeness (QED) is 0.855. The highest BCUT2D eigenvalue weighted by Crippen LogP contribution is 2.16. The fraction of sp³-hybridized carbons (Fsp3) is 0.455. The second-order valence-electron chi connectivity index (χ2n) is 4.79. The molecule has 2 aromatic heterocycles. The molecule has 1 N–H and O–H groups in total. The minimum Gasteiger partial charge on any atom is -0.349 e. The monoisotopic (exact) mass is 264 g/mol. The lowest BCUT2D eigenvalue weighted by atomic mass is 10.1. The molecule has 0 bridgehead atoms. The van der Waals surface area contributed by atoms with E-state index < -0.39 is 0 Å². The summed E-state index contributed by atoms with van der Waals surface area (Å²) < 4.78 is 1.76. The minimum atomic E-state index is -0.0940. The van der Waals surface area contributed by atoms with E-state index in [9.17, 15) is 0 Å². The maximum absolute atomic E-state index is 4.39. The molecule has 0 saturated carbocycles. The molecule has 0 aliphatic heterocycles. The molecule has 0 aromatic carbocycles.